The minimum atomic E-state index is -0.906. The van der Waals surface area contributed by atoms with Gasteiger partial charge in [0.15, 0.2) is 0 Å². The number of carboxylic acids is 1. The molecule has 6 nitrogen and oxygen atoms in total. The second-order valence-electron chi connectivity index (χ2n) is 7.42. The average molecular weight is 490 g/mol. The first-order valence-electron chi connectivity index (χ1n) is 10.3. The van der Waals surface area contributed by atoms with Gasteiger partial charge in [-0.15, -0.1) is 0 Å². The SMILES string of the molecule is C[C@H](C[C@@H](Cc1ccc(-c2ccccc2)cc1)NC(=O)CCC(=O)OCCBr)C(=O)O. The van der Waals surface area contributed by atoms with E-state index in [0.29, 0.717) is 18.2 Å². The second-order valence-corrected chi connectivity index (χ2v) is 8.21. The molecule has 2 aromatic carbocycles. The summed E-state index contributed by atoms with van der Waals surface area (Å²) in [4.78, 5) is 35.2. The Balaban J connectivity index is 1.99. The Bertz CT molecular complexity index is 854. The van der Waals surface area contributed by atoms with Gasteiger partial charge in [-0.05, 0) is 29.5 Å². The van der Waals surface area contributed by atoms with E-state index in [2.05, 4.69) is 21.2 Å². The number of carboxylic acid groups (broad SMARTS) is 1. The number of rotatable bonds is 12. The van der Waals surface area contributed by atoms with Gasteiger partial charge >= 0.3 is 11.9 Å². The standard InChI is InChI=1S/C24H28BrNO5/c1-17(24(29)30)15-21(26-22(27)11-12-23(28)31-14-13-25)16-18-7-9-20(10-8-18)19-5-3-2-4-6-19/h2-10,17,21H,11-16H2,1H3,(H,26,27)(H,29,30)/t17-,21+/m1/s1. The maximum atomic E-state index is 12.3. The Morgan fingerprint density at radius 1 is 1.00 bits per heavy atom. The van der Waals surface area contributed by atoms with Crippen LogP contribution in [-0.2, 0) is 25.5 Å². The van der Waals surface area contributed by atoms with Crippen molar-refractivity contribution in [2.45, 2.75) is 38.6 Å². The molecule has 2 atom stereocenters. The number of halogens is 1. The van der Waals surface area contributed by atoms with Crippen molar-refractivity contribution < 1.29 is 24.2 Å². The quantitative estimate of drug-likeness (QED) is 0.344. The van der Waals surface area contributed by atoms with Gasteiger partial charge in [-0.2, -0.15) is 0 Å². The molecule has 0 fully saturated rings. The van der Waals surface area contributed by atoms with Crippen LogP contribution in [0.3, 0.4) is 0 Å². The number of aliphatic carboxylic acids is 1. The van der Waals surface area contributed by atoms with E-state index in [1.807, 2.05) is 54.6 Å². The lowest BCUT2D eigenvalue weighted by molar-refractivity contribution is -0.144. The van der Waals surface area contributed by atoms with Crippen molar-refractivity contribution in [1.29, 1.82) is 0 Å². The fourth-order valence-electron chi connectivity index (χ4n) is 3.21. The first-order chi connectivity index (χ1) is 14.9. The predicted molar refractivity (Wildman–Crippen MR) is 123 cm³/mol. The summed E-state index contributed by atoms with van der Waals surface area (Å²) in [6.45, 7) is 1.88. The summed E-state index contributed by atoms with van der Waals surface area (Å²) >= 11 is 3.17. The molecule has 2 aromatic rings. The fourth-order valence-corrected chi connectivity index (χ4v) is 3.37. The van der Waals surface area contributed by atoms with Gasteiger partial charge in [-0.1, -0.05) is 77.5 Å². The molecule has 0 aromatic heterocycles. The molecule has 1 amide bonds. The number of esters is 1. The summed E-state index contributed by atoms with van der Waals surface area (Å²) in [6, 6.07) is 17.7. The van der Waals surface area contributed by atoms with Gasteiger partial charge in [0.25, 0.3) is 0 Å². The van der Waals surface area contributed by atoms with Crippen LogP contribution in [-0.4, -0.2) is 40.9 Å². The van der Waals surface area contributed by atoms with Crippen molar-refractivity contribution in [2.24, 2.45) is 5.92 Å². The summed E-state index contributed by atoms with van der Waals surface area (Å²) in [6.07, 6.45) is 0.805. The van der Waals surface area contributed by atoms with Crippen LogP contribution in [0.1, 0.15) is 31.7 Å². The van der Waals surface area contributed by atoms with E-state index in [-0.39, 0.29) is 31.4 Å². The Kier molecular flexibility index (Phi) is 10.2. The lowest BCUT2D eigenvalue weighted by atomic mass is 9.95. The lowest BCUT2D eigenvalue weighted by Crippen LogP contribution is -2.38. The zero-order valence-electron chi connectivity index (χ0n) is 17.6. The van der Waals surface area contributed by atoms with E-state index < -0.39 is 17.9 Å². The average Bonchev–Trinajstić information content (AvgIpc) is 2.77. The second kappa shape index (κ2) is 12.9. The van der Waals surface area contributed by atoms with Crippen molar-refractivity contribution in [3.8, 4) is 11.1 Å². The van der Waals surface area contributed by atoms with Gasteiger partial charge in [-0.25, -0.2) is 0 Å². The highest BCUT2D eigenvalue weighted by Gasteiger charge is 2.21. The summed E-state index contributed by atoms with van der Waals surface area (Å²) in [5, 5.41) is 12.7. The Labute approximate surface area is 191 Å². The van der Waals surface area contributed by atoms with Crippen molar-refractivity contribution in [3.05, 3.63) is 60.2 Å². The normalized spacial score (nSPS) is 12.6. The van der Waals surface area contributed by atoms with Crippen LogP contribution < -0.4 is 5.32 Å². The number of hydrogen-bond donors (Lipinski definition) is 2. The molecule has 2 rings (SSSR count). The minimum absolute atomic E-state index is 0.00597. The largest absolute Gasteiger partial charge is 0.481 e. The van der Waals surface area contributed by atoms with E-state index in [9.17, 15) is 19.5 Å². The van der Waals surface area contributed by atoms with Crippen LogP contribution in [0.4, 0.5) is 0 Å². The number of nitrogens with one attached hydrogen (secondary N) is 1. The van der Waals surface area contributed by atoms with Crippen molar-refractivity contribution >= 4 is 33.8 Å². The van der Waals surface area contributed by atoms with Crippen LogP contribution in [0.2, 0.25) is 0 Å². The maximum Gasteiger partial charge on any atom is 0.306 e. The fraction of sp³-hybridized carbons (Fsp3) is 0.375. The molecule has 2 N–H and O–H groups in total. The van der Waals surface area contributed by atoms with Gasteiger partial charge in [0, 0.05) is 17.8 Å². The van der Waals surface area contributed by atoms with Crippen molar-refractivity contribution in [1.82, 2.24) is 5.32 Å². The number of carbonyl (C=O) groups excluding carboxylic acids is 2. The molecular weight excluding hydrogens is 462 g/mol. The Morgan fingerprint density at radius 2 is 1.65 bits per heavy atom. The number of benzene rings is 2. The summed E-state index contributed by atoms with van der Waals surface area (Å²) in [7, 11) is 0. The zero-order chi connectivity index (χ0) is 22.6. The molecule has 0 saturated carbocycles. The molecule has 0 unspecified atom stereocenters. The third-order valence-electron chi connectivity index (χ3n) is 4.86. The molecule has 0 spiro atoms. The van der Waals surface area contributed by atoms with Crippen LogP contribution in [0.5, 0.6) is 0 Å². The van der Waals surface area contributed by atoms with Crippen molar-refractivity contribution in [3.63, 3.8) is 0 Å². The molecule has 7 heteroatoms. The first kappa shape index (κ1) is 24.6. The molecule has 0 aliphatic carbocycles. The minimum Gasteiger partial charge on any atom is -0.481 e. The molecule has 0 aliphatic heterocycles. The van der Waals surface area contributed by atoms with E-state index in [4.69, 9.17) is 4.74 Å². The summed E-state index contributed by atoms with van der Waals surface area (Å²) in [5.41, 5.74) is 3.20. The Hall–Kier alpha value is -2.67. The van der Waals surface area contributed by atoms with Gasteiger partial charge in [0.1, 0.15) is 6.61 Å². The molecule has 0 bridgehead atoms. The molecule has 166 valence electrons. The smallest absolute Gasteiger partial charge is 0.306 e. The predicted octanol–water partition coefficient (Wildman–Crippen LogP) is 4.21. The highest BCUT2D eigenvalue weighted by molar-refractivity contribution is 9.09. The van der Waals surface area contributed by atoms with Gasteiger partial charge in [-0.3, -0.25) is 14.4 Å². The van der Waals surface area contributed by atoms with Crippen LogP contribution in [0.25, 0.3) is 11.1 Å². The molecule has 0 heterocycles. The van der Waals surface area contributed by atoms with E-state index >= 15 is 0 Å². The van der Waals surface area contributed by atoms with Crippen molar-refractivity contribution in [2.75, 3.05) is 11.9 Å². The Morgan fingerprint density at radius 3 is 2.26 bits per heavy atom. The molecule has 0 saturated heterocycles. The monoisotopic (exact) mass is 489 g/mol. The lowest BCUT2D eigenvalue weighted by Gasteiger charge is -2.21. The zero-order valence-corrected chi connectivity index (χ0v) is 19.1. The topological polar surface area (TPSA) is 92.7 Å². The van der Waals surface area contributed by atoms with Crippen LogP contribution in [0, 0.1) is 5.92 Å². The summed E-state index contributed by atoms with van der Waals surface area (Å²) in [5.74, 6) is -2.23. The molecule has 31 heavy (non-hydrogen) atoms. The molecular formula is C24H28BrNO5. The van der Waals surface area contributed by atoms with E-state index in [1.165, 1.54) is 0 Å². The highest BCUT2D eigenvalue weighted by Crippen LogP contribution is 2.20. The number of hydrogen-bond acceptors (Lipinski definition) is 4. The van der Waals surface area contributed by atoms with Crippen LogP contribution in [0.15, 0.2) is 54.6 Å². The number of carbonyl (C=O) groups is 3. The van der Waals surface area contributed by atoms with E-state index in [1.54, 1.807) is 6.92 Å². The van der Waals surface area contributed by atoms with Crippen LogP contribution >= 0.6 is 15.9 Å². The number of amides is 1. The molecule has 0 radical (unpaired) electrons. The number of ether oxygens (including phenoxy) is 1. The van der Waals surface area contributed by atoms with Gasteiger partial charge < -0.3 is 15.2 Å². The van der Waals surface area contributed by atoms with E-state index in [0.717, 1.165) is 16.7 Å². The molecule has 0 aliphatic rings. The summed E-state index contributed by atoms with van der Waals surface area (Å²) < 4.78 is 4.94. The third kappa shape index (κ3) is 8.92. The third-order valence-corrected chi connectivity index (χ3v) is 5.19. The first-order valence-corrected chi connectivity index (χ1v) is 11.4. The number of alkyl halides is 1. The van der Waals surface area contributed by atoms with Gasteiger partial charge in [0.05, 0.1) is 12.3 Å². The maximum absolute atomic E-state index is 12.3. The highest BCUT2D eigenvalue weighted by atomic mass is 79.9. The van der Waals surface area contributed by atoms with Gasteiger partial charge in [0.2, 0.25) is 5.91 Å².